The lowest BCUT2D eigenvalue weighted by molar-refractivity contribution is 0.272. The van der Waals surface area contributed by atoms with Crippen molar-refractivity contribution in [1.82, 2.24) is 14.9 Å². The Labute approximate surface area is 235 Å². The van der Waals surface area contributed by atoms with Gasteiger partial charge in [-0.05, 0) is 106 Å². The van der Waals surface area contributed by atoms with E-state index in [0.717, 1.165) is 53.4 Å². The van der Waals surface area contributed by atoms with Crippen LogP contribution < -0.4 is 0 Å². The molecule has 39 heavy (non-hydrogen) atoms. The zero-order valence-corrected chi connectivity index (χ0v) is 26.7. The zero-order chi connectivity index (χ0) is 28.8. The highest BCUT2D eigenvalue weighted by molar-refractivity contribution is 7.86. The lowest BCUT2D eigenvalue weighted by atomic mass is 10.0. The van der Waals surface area contributed by atoms with Crippen molar-refractivity contribution in [2.24, 2.45) is 4.99 Å². The second kappa shape index (κ2) is 12.9. The molecule has 2 aromatic rings. The molecule has 0 radical (unpaired) electrons. The number of hydrogen-bond donors (Lipinski definition) is 2. The van der Waals surface area contributed by atoms with Crippen LogP contribution in [0.1, 0.15) is 62.7 Å². The Bertz CT molecular complexity index is 1300. The molecule has 0 amide bonds. The molecule has 3 heterocycles. The molecule has 1 aliphatic rings. The van der Waals surface area contributed by atoms with E-state index >= 15 is 0 Å². The number of aromatic nitrogens is 2. The highest BCUT2D eigenvalue weighted by atomic mass is 32.2. The number of aromatic amines is 2. The fraction of sp³-hybridized carbons (Fsp3) is 0.552. The van der Waals surface area contributed by atoms with E-state index in [-0.39, 0.29) is 10.8 Å². The van der Waals surface area contributed by atoms with E-state index in [9.17, 15) is 8.42 Å². The Morgan fingerprint density at radius 1 is 1.15 bits per heavy atom. The maximum atomic E-state index is 11.9. The van der Waals surface area contributed by atoms with Gasteiger partial charge in [-0.25, -0.2) is 4.99 Å². The minimum absolute atomic E-state index is 0.0225. The summed E-state index contributed by atoms with van der Waals surface area (Å²) in [5.41, 5.74) is 7.03. The van der Waals surface area contributed by atoms with Crippen molar-refractivity contribution >= 4 is 30.2 Å². The van der Waals surface area contributed by atoms with Crippen LogP contribution in [0.2, 0.25) is 18.1 Å². The molecule has 1 aliphatic heterocycles. The van der Waals surface area contributed by atoms with E-state index in [0.29, 0.717) is 19.4 Å². The summed E-state index contributed by atoms with van der Waals surface area (Å²) >= 11 is 0. The predicted octanol–water partition coefficient (Wildman–Crippen LogP) is 5.89. The molecule has 0 saturated heterocycles. The Morgan fingerprint density at radius 3 is 2.51 bits per heavy atom. The number of H-pyrrole nitrogens is 2. The van der Waals surface area contributed by atoms with Gasteiger partial charge in [-0.3, -0.25) is 4.18 Å². The van der Waals surface area contributed by atoms with E-state index in [2.05, 4.69) is 85.2 Å². The monoisotopic (exact) mass is 574 g/mol. The standard InChI is InChI=1S/C29H46N4O4SSi/c1-29(2,3)39(7,8)37-21-24-18-22(13-11-17-38(34,35)36-6)26(31-24)20-27-23(12-10-16-33(4)5)19-28(32-27)25-14-9-15-30-25/h9,14-15,18-20,30-31H,10-13,16-17,21H2,1-8H3/b27-20-. The molecule has 8 nitrogen and oxygen atoms in total. The molecule has 0 aromatic carbocycles. The summed E-state index contributed by atoms with van der Waals surface area (Å²) in [7, 11) is -0.0546. The summed E-state index contributed by atoms with van der Waals surface area (Å²) in [4.78, 5) is 14.0. The first-order chi connectivity index (χ1) is 18.2. The van der Waals surface area contributed by atoms with Gasteiger partial charge >= 0.3 is 0 Å². The van der Waals surface area contributed by atoms with Crippen LogP contribution in [0, 0.1) is 0 Å². The molecule has 2 N–H and O–H groups in total. The maximum Gasteiger partial charge on any atom is 0.267 e. The van der Waals surface area contributed by atoms with E-state index in [4.69, 9.17) is 9.42 Å². The number of aliphatic imine (C=N–C) groups is 1. The summed E-state index contributed by atoms with van der Waals surface area (Å²) in [6.07, 6.45) is 9.20. The van der Waals surface area contributed by atoms with Crippen LogP contribution in [0.4, 0.5) is 0 Å². The van der Waals surface area contributed by atoms with E-state index in [1.54, 1.807) is 0 Å². The lowest BCUT2D eigenvalue weighted by Crippen LogP contribution is -2.40. The molecule has 0 spiro atoms. The van der Waals surface area contributed by atoms with Gasteiger partial charge in [0.05, 0.1) is 36.6 Å². The molecule has 0 aliphatic carbocycles. The molecule has 0 saturated carbocycles. The Hall–Kier alpha value is -2.24. The molecule has 0 fully saturated rings. The number of hydrogen-bond acceptors (Lipinski definition) is 6. The summed E-state index contributed by atoms with van der Waals surface area (Å²) < 4.78 is 35.0. The van der Waals surface area contributed by atoms with Crippen LogP contribution in [0.15, 0.2) is 46.7 Å². The van der Waals surface area contributed by atoms with Gasteiger partial charge in [0.15, 0.2) is 8.32 Å². The number of nitrogens with one attached hydrogen (secondary N) is 2. The Balaban J connectivity index is 1.92. The highest BCUT2D eigenvalue weighted by Crippen LogP contribution is 2.37. The summed E-state index contributed by atoms with van der Waals surface area (Å²) in [6, 6.07) is 6.12. The molecule has 2 aromatic heterocycles. The highest BCUT2D eigenvalue weighted by Gasteiger charge is 2.37. The van der Waals surface area contributed by atoms with Gasteiger partial charge in [0.25, 0.3) is 10.1 Å². The van der Waals surface area contributed by atoms with Crippen molar-refractivity contribution in [2.45, 2.75) is 71.2 Å². The average Bonchev–Trinajstić information content (AvgIpc) is 3.58. The van der Waals surface area contributed by atoms with Gasteiger partial charge in [0, 0.05) is 17.6 Å². The predicted molar refractivity (Wildman–Crippen MR) is 163 cm³/mol. The second-order valence-electron chi connectivity index (χ2n) is 12.0. The normalized spacial score (nSPS) is 15.9. The molecule has 0 bridgehead atoms. The first-order valence-electron chi connectivity index (χ1n) is 13.6. The number of rotatable bonds is 14. The van der Waals surface area contributed by atoms with Gasteiger partial charge < -0.3 is 19.3 Å². The van der Waals surface area contributed by atoms with Gasteiger partial charge in [-0.15, -0.1) is 0 Å². The Morgan fingerprint density at radius 2 is 1.90 bits per heavy atom. The third kappa shape index (κ3) is 8.88. The van der Waals surface area contributed by atoms with Crippen LogP contribution >= 0.6 is 0 Å². The van der Waals surface area contributed by atoms with Gasteiger partial charge in [-0.1, -0.05) is 20.8 Å². The summed E-state index contributed by atoms with van der Waals surface area (Å²) in [5, 5.41) is 0.112. The van der Waals surface area contributed by atoms with Gasteiger partial charge in [0.1, 0.15) is 0 Å². The van der Waals surface area contributed by atoms with E-state index in [1.807, 2.05) is 18.3 Å². The van der Waals surface area contributed by atoms with Crippen molar-refractivity contribution in [3.05, 3.63) is 64.4 Å². The molecule has 216 valence electrons. The van der Waals surface area contributed by atoms with Crippen molar-refractivity contribution < 1.29 is 17.0 Å². The second-order valence-corrected chi connectivity index (χ2v) is 18.7. The number of aryl methyl sites for hydroxylation is 1. The van der Waals surface area contributed by atoms with Crippen LogP contribution in [0.5, 0.6) is 0 Å². The quantitative estimate of drug-likeness (QED) is 0.217. The molecular weight excluding hydrogens is 528 g/mol. The first kappa shape index (κ1) is 31.3. The lowest BCUT2D eigenvalue weighted by Gasteiger charge is -2.36. The molecule has 0 unspecified atom stereocenters. The van der Waals surface area contributed by atoms with Crippen LogP contribution in [0.3, 0.4) is 0 Å². The van der Waals surface area contributed by atoms with E-state index < -0.39 is 18.4 Å². The molecule has 10 heteroatoms. The fourth-order valence-electron chi connectivity index (χ4n) is 4.14. The maximum absolute atomic E-state index is 11.9. The number of allylic oxidation sites excluding steroid dienone is 2. The first-order valence-corrected chi connectivity index (χ1v) is 18.1. The van der Waals surface area contributed by atoms with Crippen LogP contribution in [-0.2, 0) is 31.8 Å². The molecular formula is C29H46N4O4SSi. The number of nitrogens with zero attached hydrogens (tertiary/aromatic N) is 2. The SMILES string of the molecule is COS(=O)(=O)CCCc1cc(CO[Si](C)(C)C(C)(C)C)[nH]c1/C=C1\N=C(c2ccc[nH]2)C=C1CCCN(C)C. The average molecular weight is 575 g/mol. The van der Waals surface area contributed by atoms with Crippen LogP contribution in [0.25, 0.3) is 6.08 Å². The van der Waals surface area contributed by atoms with Crippen molar-refractivity contribution in [3.8, 4) is 0 Å². The van der Waals surface area contributed by atoms with E-state index in [1.165, 1.54) is 12.7 Å². The van der Waals surface area contributed by atoms with Gasteiger partial charge in [-0.2, -0.15) is 8.42 Å². The third-order valence-corrected chi connectivity index (χ3v) is 13.3. The smallest absolute Gasteiger partial charge is 0.267 e. The third-order valence-electron chi connectivity index (χ3n) is 7.57. The van der Waals surface area contributed by atoms with Crippen molar-refractivity contribution in [2.75, 3.05) is 33.5 Å². The zero-order valence-electron chi connectivity index (χ0n) is 24.8. The Kier molecular flexibility index (Phi) is 10.4. The van der Waals surface area contributed by atoms with Crippen molar-refractivity contribution in [3.63, 3.8) is 0 Å². The van der Waals surface area contributed by atoms with Gasteiger partial charge in [0.2, 0.25) is 0 Å². The fourth-order valence-corrected chi connectivity index (χ4v) is 5.75. The minimum Gasteiger partial charge on any atom is -0.411 e. The topological polar surface area (TPSA) is 99.8 Å². The summed E-state index contributed by atoms with van der Waals surface area (Å²) in [6.45, 7) is 12.7. The molecule has 0 atom stereocenters. The van der Waals surface area contributed by atoms with Crippen LogP contribution in [-0.4, -0.2) is 70.8 Å². The largest absolute Gasteiger partial charge is 0.411 e. The minimum atomic E-state index is -3.51. The molecule has 3 rings (SSSR count). The summed E-state index contributed by atoms with van der Waals surface area (Å²) in [5.74, 6) is -0.0225. The van der Waals surface area contributed by atoms with Crippen molar-refractivity contribution in [1.29, 1.82) is 0 Å².